The largest absolute Gasteiger partial charge is 0.375 e. The molecule has 1 aromatic rings. The summed E-state index contributed by atoms with van der Waals surface area (Å²) in [5.74, 6) is 2.09. The number of nitrogens with two attached hydrogens (primary N) is 1. The third-order valence-electron chi connectivity index (χ3n) is 2.08. The van der Waals surface area contributed by atoms with Crippen LogP contribution in [0.4, 0.5) is 0 Å². The zero-order valence-corrected chi connectivity index (χ0v) is 8.81. The molecule has 2 unspecified atom stereocenters. The van der Waals surface area contributed by atoms with Gasteiger partial charge in [-0.05, 0) is 11.5 Å². The van der Waals surface area contributed by atoms with Crippen LogP contribution in [0.25, 0.3) is 0 Å². The van der Waals surface area contributed by atoms with Crippen LogP contribution >= 0.6 is 23.3 Å². The van der Waals surface area contributed by atoms with Gasteiger partial charge in [-0.2, -0.15) is 11.8 Å². The summed E-state index contributed by atoms with van der Waals surface area (Å²) in [6.07, 6.45) is 1.99. The number of ether oxygens (including phenoxy) is 1. The van der Waals surface area contributed by atoms with Crippen LogP contribution in [0.15, 0.2) is 11.6 Å². The number of nitrogens with zero attached hydrogens (tertiary/aromatic N) is 1. The van der Waals surface area contributed by atoms with Crippen LogP contribution in [0.5, 0.6) is 0 Å². The Labute approximate surface area is 85.8 Å². The first-order chi connectivity index (χ1) is 6.38. The summed E-state index contributed by atoms with van der Waals surface area (Å²) in [5.41, 5.74) is 7.14. The summed E-state index contributed by atoms with van der Waals surface area (Å²) < 4.78 is 9.63. The van der Waals surface area contributed by atoms with E-state index in [9.17, 15) is 0 Å². The summed E-state index contributed by atoms with van der Waals surface area (Å²) in [6.45, 7) is 0.820. The lowest BCUT2D eigenvalue weighted by atomic mass is 10.1. The molecule has 0 saturated carbocycles. The van der Waals surface area contributed by atoms with Crippen LogP contribution in [-0.2, 0) is 4.74 Å². The number of hydrogen-bond donors (Lipinski definition) is 1. The summed E-state index contributed by atoms with van der Waals surface area (Å²) in [6, 6.07) is -0.00782. The first-order valence-electron chi connectivity index (χ1n) is 4.22. The second-order valence-corrected chi connectivity index (χ2v) is 4.77. The summed E-state index contributed by atoms with van der Waals surface area (Å²) in [4.78, 5) is 0. The van der Waals surface area contributed by atoms with E-state index in [1.54, 1.807) is 0 Å². The smallest absolute Gasteiger partial charge is 0.0859 e. The van der Waals surface area contributed by atoms with E-state index in [1.807, 2.05) is 23.3 Å². The predicted octanol–water partition coefficient (Wildman–Crippen LogP) is 1.27. The molecule has 0 radical (unpaired) electrons. The molecule has 2 rings (SSSR count). The Kier molecular flexibility index (Phi) is 3.21. The molecule has 1 saturated heterocycles. The van der Waals surface area contributed by atoms with E-state index >= 15 is 0 Å². The summed E-state index contributed by atoms with van der Waals surface area (Å²) in [5, 5.41) is 1.99. The molecule has 2 atom stereocenters. The Morgan fingerprint density at radius 1 is 1.69 bits per heavy atom. The highest BCUT2D eigenvalue weighted by atomic mass is 32.2. The highest BCUT2D eigenvalue weighted by Gasteiger charge is 2.23. The maximum Gasteiger partial charge on any atom is 0.0859 e. The van der Waals surface area contributed by atoms with Gasteiger partial charge in [0.15, 0.2) is 0 Å². The Morgan fingerprint density at radius 3 is 3.23 bits per heavy atom. The second kappa shape index (κ2) is 4.41. The van der Waals surface area contributed by atoms with E-state index in [4.69, 9.17) is 10.5 Å². The van der Waals surface area contributed by atoms with Gasteiger partial charge in [-0.1, -0.05) is 0 Å². The summed E-state index contributed by atoms with van der Waals surface area (Å²) >= 11 is 3.35. The minimum absolute atomic E-state index is 0.00782. The molecule has 0 aromatic carbocycles. The molecule has 13 heavy (non-hydrogen) atoms. The lowest BCUT2D eigenvalue weighted by molar-refractivity contribution is 0.0570. The zero-order valence-electron chi connectivity index (χ0n) is 7.18. The van der Waals surface area contributed by atoms with E-state index in [1.165, 1.54) is 11.5 Å². The Balaban J connectivity index is 1.99. The van der Waals surface area contributed by atoms with Crippen molar-refractivity contribution in [3.05, 3.63) is 17.1 Å². The normalized spacial score (nSPS) is 25.8. The average Bonchev–Trinajstić information content (AvgIpc) is 2.71. The lowest BCUT2D eigenvalue weighted by Gasteiger charge is -2.26. The standard InChI is InChI=1S/C8H12N2OS2/c9-8(6-3-10-13-4-6)7-5-12-2-1-11-7/h3-4,7-8H,1-2,5,9H2. The number of thioether (sulfide) groups is 1. The maximum atomic E-state index is 6.04. The van der Waals surface area contributed by atoms with Gasteiger partial charge in [0.2, 0.25) is 0 Å². The molecule has 0 amide bonds. The van der Waals surface area contributed by atoms with E-state index < -0.39 is 0 Å². The molecular weight excluding hydrogens is 204 g/mol. The van der Waals surface area contributed by atoms with Crippen molar-refractivity contribution in [3.63, 3.8) is 0 Å². The predicted molar refractivity (Wildman–Crippen MR) is 56.1 cm³/mol. The number of aromatic nitrogens is 1. The van der Waals surface area contributed by atoms with Crippen LogP contribution in [0, 0.1) is 0 Å². The van der Waals surface area contributed by atoms with Crippen molar-refractivity contribution in [1.29, 1.82) is 0 Å². The molecule has 1 aliphatic rings. The minimum Gasteiger partial charge on any atom is -0.375 e. The maximum absolute atomic E-state index is 6.04. The van der Waals surface area contributed by atoms with Crippen LogP contribution in [0.2, 0.25) is 0 Å². The molecule has 72 valence electrons. The summed E-state index contributed by atoms with van der Waals surface area (Å²) in [7, 11) is 0. The first-order valence-corrected chi connectivity index (χ1v) is 6.21. The van der Waals surface area contributed by atoms with Crippen molar-refractivity contribution < 1.29 is 4.74 Å². The molecule has 5 heteroatoms. The van der Waals surface area contributed by atoms with Gasteiger partial charge >= 0.3 is 0 Å². The highest BCUT2D eigenvalue weighted by molar-refractivity contribution is 7.99. The molecule has 1 aliphatic heterocycles. The molecule has 0 spiro atoms. The van der Waals surface area contributed by atoms with Gasteiger partial charge < -0.3 is 10.5 Å². The first kappa shape index (κ1) is 9.45. The molecule has 0 bridgehead atoms. The van der Waals surface area contributed by atoms with E-state index in [0.717, 1.165) is 23.7 Å². The van der Waals surface area contributed by atoms with Crippen LogP contribution in [0.1, 0.15) is 11.6 Å². The SMILES string of the molecule is NC(c1cnsc1)C1CSCCO1. The van der Waals surface area contributed by atoms with Crippen LogP contribution < -0.4 is 5.73 Å². The highest BCUT2D eigenvalue weighted by Crippen LogP contribution is 2.23. The third-order valence-corrected chi connectivity index (χ3v) is 3.70. The van der Waals surface area contributed by atoms with Crippen LogP contribution in [-0.4, -0.2) is 28.6 Å². The molecule has 0 aliphatic carbocycles. The number of hydrogen-bond acceptors (Lipinski definition) is 5. The molecule has 1 aromatic heterocycles. The fourth-order valence-corrected chi connectivity index (χ4v) is 2.81. The van der Waals surface area contributed by atoms with Crippen molar-refractivity contribution >= 4 is 23.3 Å². The molecule has 2 N–H and O–H groups in total. The Morgan fingerprint density at radius 2 is 2.62 bits per heavy atom. The molecule has 3 nitrogen and oxygen atoms in total. The van der Waals surface area contributed by atoms with Gasteiger partial charge in [-0.15, -0.1) is 0 Å². The zero-order chi connectivity index (χ0) is 9.10. The van der Waals surface area contributed by atoms with Crippen LogP contribution in [0.3, 0.4) is 0 Å². The fourth-order valence-electron chi connectivity index (χ4n) is 1.31. The topological polar surface area (TPSA) is 48.1 Å². The van der Waals surface area contributed by atoms with Crippen molar-refractivity contribution in [2.75, 3.05) is 18.1 Å². The van der Waals surface area contributed by atoms with Crippen molar-refractivity contribution in [2.24, 2.45) is 5.73 Å². The van der Waals surface area contributed by atoms with Gasteiger partial charge in [0, 0.05) is 28.6 Å². The monoisotopic (exact) mass is 216 g/mol. The van der Waals surface area contributed by atoms with Crippen molar-refractivity contribution in [2.45, 2.75) is 12.1 Å². The molecule has 1 fully saturated rings. The van der Waals surface area contributed by atoms with Crippen molar-refractivity contribution in [3.8, 4) is 0 Å². The number of rotatable bonds is 2. The van der Waals surface area contributed by atoms with Gasteiger partial charge in [0.1, 0.15) is 0 Å². The minimum atomic E-state index is -0.00782. The fraction of sp³-hybridized carbons (Fsp3) is 0.625. The third kappa shape index (κ3) is 2.22. The van der Waals surface area contributed by atoms with E-state index in [-0.39, 0.29) is 12.1 Å². The van der Waals surface area contributed by atoms with Gasteiger partial charge in [0.25, 0.3) is 0 Å². The van der Waals surface area contributed by atoms with Gasteiger partial charge in [-0.3, -0.25) is 0 Å². The van der Waals surface area contributed by atoms with Gasteiger partial charge in [0.05, 0.1) is 18.8 Å². The quantitative estimate of drug-likeness (QED) is 0.809. The van der Waals surface area contributed by atoms with Crippen molar-refractivity contribution in [1.82, 2.24) is 4.37 Å². The Bertz CT molecular complexity index is 247. The average molecular weight is 216 g/mol. The molecule has 2 heterocycles. The molecular formula is C8H12N2OS2. The van der Waals surface area contributed by atoms with E-state index in [0.29, 0.717) is 0 Å². The van der Waals surface area contributed by atoms with Gasteiger partial charge in [-0.25, -0.2) is 4.37 Å². The van der Waals surface area contributed by atoms with E-state index in [2.05, 4.69) is 4.37 Å². The lowest BCUT2D eigenvalue weighted by Crippen LogP contribution is -2.34. The second-order valence-electron chi connectivity index (χ2n) is 2.97. The Hall–Kier alpha value is -0.100.